The molecule has 0 aliphatic carbocycles. The molecule has 11 N–H and O–H groups in total. The van der Waals surface area contributed by atoms with E-state index in [1.54, 1.807) is 152 Å². The molecule has 0 bridgehead atoms. The normalized spacial score (nSPS) is 12.1. The number of Topliss-reactive ketones (excluding diaryl/α,β-unsaturated/α-hetero) is 2. The number of halogens is 7. The van der Waals surface area contributed by atoms with Gasteiger partial charge in [0.2, 0.25) is 5.24 Å². The predicted octanol–water partition coefficient (Wildman–Crippen LogP) is 13.4. The summed E-state index contributed by atoms with van der Waals surface area (Å²) in [4.78, 5) is 106. The smallest absolute Gasteiger partial charge is 1.00 e. The molecule has 3 radical (unpaired) electrons. The average molecular weight is 1670 g/mol. The number of ether oxygens (including phenoxy) is 6. The van der Waals surface area contributed by atoms with Gasteiger partial charge in [0, 0.05) is 73.8 Å². The minimum absolute atomic E-state index is 0. The molecule has 114 heavy (non-hydrogen) atoms. The Morgan fingerprint density at radius 1 is 0.368 bits per heavy atom. The fourth-order valence-corrected chi connectivity index (χ4v) is 7.40. The maximum Gasteiger partial charge on any atom is 1.00 e. The topological polar surface area (TPSA) is 403 Å². The molecule has 3 atom stereocenters. The van der Waals surface area contributed by atoms with E-state index in [0.717, 1.165) is 42.5 Å². The maximum absolute atomic E-state index is 14.4. The minimum Gasteiger partial charge on any atom is -1.00 e. The van der Waals surface area contributed by atoms with Crippen molar-refractivity contribution in [3.63, 3.8) is 0 Å². The molecule has 0 spiro atoms. The first-order valence-electron chi connectivity index (χ1n) is 35.3. The number of carbonyl (C=O) groups is 9. The molecular formula is C81H114BCl2F5N2NaO22. The van der Waals surface area contributed by atoms with Gasteiger partial charge in [0.1, 0.15) is 29.1 Å². The molecule has 0 fully saturated rings. The van der Waals surface area contributed by atoms with E-state index in [2.05, 4.69) is 0 Å². The summed E-state index contributed by atoms with van der Waals surface area (Å²) in [5.74, 6) is -11.6. The minimum atomic E-state index is -1.28. The summed E-state index contributed by atoms with van der Waals surface area (Å²) in [7, 11) is 0. The maximum atomic E-state index is 14.4. The largest absolute Gasteiger partial charge is 1.00 e. The molecule has 24 nitrogen and oxygen atoms in total. The number of phenols is 4. The van der Waals surface area contributed by atoms with Crippen LogP contribution >= 0.6 is 24.0 Å². The van der Waals surface area contributed by atoms with Crippen LogP contribution < -0.4 is 69.4 Å². The van der Waals surface area contributed by atoms with E-state index >= 15 is 0 Å². The summed E-state index contributed by atoms with van der Waals surface area (Å²) in [5, 5.41) is 65.6. The summed E-state index contributed by atoms with van der Waals surface area (Å²) < 4.78 is 101. The standard InChI is InChI=1S/2C20H29FO5.C18H26FNO5.C10H11FO3.C8H8FNO3.C5H9ClO.B.ClH.Na.H/c2*1-8-9-14(22)12-10-15(25-17(23)19(2,3)4)16(11-13(12)21)26-18(24)20(5,6)7;1-17(2,3)15(22)24-13-7-10(12(21)9-20)11(19)8-14(13)25-16(23)18(4,5)6;1-2-3-8(12)6-4-9(13)10(14)5-7(6)11;9-5-2-7(12)6(11)1-4(5)8(13)3-10;1-5(2,3)4(6)7;;;;/h2*10-11,14,22H,8-9H2,1-7H3;7-8,12,21H,9,20H2,1-6H3;4-5,13-14H,2-3H2,1H3;1-2,11-12H,3,10H2;1-3H3;;1H;;/q;;;;;;;;+1;-1. The molecule has 0 heterocycles. The van der Waals surface area contributed by atoms with Crippen LogP contribution in [-0.2, 0) is 33.6 Å². The number of esters is 6. The molecule has 5 rings (SSSR count). The molecule has 3 unspecified atom stereocenters. The Hall–Kier alpha value is -7.78. The van der Waals surface area contributed by atoms with Gasteiger partial charge in [-0.2, -0.15) is 0 Å². The first kappa shape index (κ1) is 113. The Kier molecular flexibility index (Phi) is 47.4. The van der Waals surface area contributed by atoms with Crippen molar-refractivity contribution in [2.24, 2.45) is 49.4 Å². The van der Waals surface area contributed by atoms with Gasteiger partial charge in [0.15, 0.2) is 69.1 Å². The molecule has 0 saturated heterocycles. The van der Waals surface area contributed by atoms with Crippen LogP contribution in [0.15, 0.2) is 60.7 Å². The number of aliphatic hydroxyl groups is 3. The monoisotopic (exact) mass is 1670 g/mol. The number of hydrogen-bond acceptors (Lipinski definition) is 24. The van der Waals surface area contributed by atoms with E-state index in [1.807, 2.05) is 13.8 Å². The zero-order valence-electron chi connectivity index (χ0n) is 70.8. The first-order chi connectivity index (χ1) is 50.4. The number of aliphatic hydroxyl groups excluding tert-OH is 3. The van der Waals surface area contributed by atoms with Crippen molar-refractivity contribution in [2.45, 2.75) is 223 Å². The van der Waals surface area contributed by atoms with Crippen LogP contribution in [0.25, 0.3) is 0 Å². The number of rotatable bonds is 19. The Labute approximate surface area is 701 Å². The second-order valence-electron chi connectivity index (χ2n) is 32.6. The summed E-state index contributed by atoms with van der Waals surface area (Å²) in [6, 6.07) is 9.63. The van der Waals surface area contributed by atoms with Crippen LogP contribution in [0.4, 0.5) is 22.0 Å². The van der Waals surface area contributed by atoms with Crippen molar-refractivity contribution < 1.29 is 160 Å². The third kappa shape index (κ3) is 37.9. The van der Waals surface area contributed by atoms with Crippen LogP contribution in [0, 0.1) is 67.0 Å². The number of benzene rings is 5. The summed E-state index contributed by atoms with van der Waals surface area (Å²) in [5.41, 5.74) is 4.44. The van der Waals surface area contributed by atoms with E-state index in [0.29, 0.717) is 38.2 Å². The molecule has 0 aromatic heterocycles. The number of nitrogens with two attached hydrogens (primary N) is 2. The van der Waals surface area contributed by atoms with Gasteiger partial charge in [-0.25, -0.2) is 22.0 Å². The second kappa shape index (κ2) is 48.1. The van der Waals surface area contributed by atoms with Gasteiger partial charge in [-0.05, 0) is 186 Å². The van der Waals surface area contributed by atoms with Crippen molar-refractivity contribution in [1.82, 2.24) is 0 Å². The second-order valence-corrected chi connectivity index (χ2v) is 33.0. The SMILES string of the molecule is CC(C)(C)C(=O)Cl.CC(C)(C)C(=O)Oc1cc(F)c(C(O)CN)cc1OC(=O)C(C)(C)C.CCCC(=O)c1cc(O)c(O)cc1F.CCCC(O)c1cc(OC(=O)C(C)(C)C)c(OC(=O)C(C)(C)C)cc1F.CCCC(O)c1cc(OC(=O)C(C)(C)C)c(OC(=O)C(C)(C)C)cc1F.Cl.NCC(=O)c1cc(O)c(O)cc1F.[B].[H-].[Na+]. The van der Waals surface area contributed by atoms with Crippen LogP contribution in [0.5, 0.6) is 57.5 Å². The van der Waals surface area contributed by atoms with Crippen molar-refractivity contribution >= 4 is 85.0 Å². The molecule has 0 aliphatic rings. The Balaban J connectivity index is -0.000000434. The van der Waals surface area contributed by atoms with Crippen molar-refractivity contribution in [1.29, 1.82) is 0 Å². The van der Waals surface area contributed by atoms with E-state index < -0.39 is 144 Å². The zero-order valence-corrected chi connectivity index (χ0v) is 73.4. The molecule has 5 aromatic rings. The van der Waals surface area contributed by atoms with E-state index in [9.17, 15) is 80.4 Å². The molecular weight excluding hydrogens is 1550 g/mol. The van der Waals surface area contributed by atoms with Crippen LogP contribution in [0.2, 0.25) is 0 Å². The fourth-order valence-electron chi connectivity index (χ4n) is 7.40. The molecule has 0 saturated carbocycles. The van der Waals surface area contributed by atoms with Gasteiger partial charge in [-0.3, -0.25) is 43.2 Å². The van der Waals surface area contributed by atoms with Gasteiger partial charge < -0.3 is 77.1 Å². The number of hydrogen-bond donors (Lipinski definition) is 9. The average Bonchev–Trinajstić information content (AvgIpc) is 0.806. The summed E-state index contributed by atoms with van der Waals surface area (Å²) in [6.07, 6.45) is -0.522. The van der Waals surface area contributed by atoms with Gasteiger partial charge >= 0.3 is 65.4 Å². The van der Waals surface area contributed by atoms with E-state index in [4.69, 9.17) is 71.9 Å². The third-order valence-corrected chi connectivity index (χ3v) is 15.1. The van der Waals surface area contributed by atoms with Crippen molar-refractivity contribution in [3.8, 4) is 57.5 Å². The summed E-state index contributed by atoms with van der Waals surface area (Å²) >= 11 is 5.11. The Morgan fingerprint density at radius 3 is 0.772 bits per heavy atom. The molecule has 0 amide bonds. The number of phenolic OH excluding ortho intramolecular Hbond substituents is 4. The van der Waals surface area contributed by atoms with Gasteiger partial charge in [0.05, 0.1) is 68.5 Å². The molecule has 33 heteroatoms. The Morgan fingerprint density at radius 2 is 0.579 bits per heavy atom. The molecule has 5 aromatic carbocycles. The van der Waals surface area contributed by atoms with Crippen LogP contribution in [0.1, 0.15) is 262 Å². The van der Waals surface area contributed by atoms with Crippen LogP contribution in [-0.4, -0.2) is 110 Å². The Bertz CT molecular complexity index is 3970. The van der Waals surface area contributed by atoms with Crippen molar-refractivity contribution in [2.75, 3.05) is 13.1 Å². The number of carbonyl (C=O) groups excluding carboxylic acids is 9. The van der Waals surface area contributed by atoms with Crippen molar-refractivity contribution in [3.05, 3.63) is 118 Å². The quantitative estimate of drug-likeness (QED) is 0.00705. The first-order valence-corrected chi connectivity index (χ1v) is 35.7. The van der Waals surface area contributed by atoms with Gasteiger partial charge in [0.25, 0.3) is 0 Å². The van der Waals surface area contributed by atoms with Gasteiger partial charge in [-0.15, -0.1) is 12.4 Å². The van der Waals surface area contributed by atoms with Crippen LogP contribution in [0.3, 0.4) is 0 Å². The zero-order chi connectivity index (χ0) is 86.9. The summed E-state index contributed by atoms with van der Waals surface area (Å²) in [6.45, 7) is 40.2. The van der Waals surface area contributed by atoms with E-state index in [-0.39, 0.29) is 150 Å². The van der Waals surface area contributed by atoms with Gasteiger partial charge in [-0.1, -0.05) is 54.4 Å². The molecule has 633 valence electrons. The number of aromatic hydroxyl groups is 4. The third-order valence-electron chi connectivity index (χ3n) is 14.5. The predicted molar refractivity (Wildman–Crippen MR) is 420 cm³/mol. The molecule has 0 aliphatic heterocycles. The fraction of sp³-hybridized carbons (Fsp3) is 0.519. The van der Waals surface area contributed by atoms with E-state index in [1.165, 1.54) is 12.1 Å². The number of ketones is 2.